The van der Waals surface area contributed by atoms with Crippen molar-refractivity contribution in [3.8, 4) is 0 Å². The summed E-state index contributed by atoms with van der Waals surface area (Å²) >= 11 is 0. The minimum absolute atomic E-state index is 0.191. The van der Waals surface area contributed by atoms with E-state index in [4.69, 9.17) is 5.11 Å². The zero-order valence-electron chi connectivity index (χ0n) is 10.3. The van der Waals surface area contributed by atoms with Crippen molar-refractivity contribution in [1.29, 1.82) is 0 Å². The molecule has 1 aromatic carbocycles. The van der Waals surface area contributed by atoms with Gasteiger partial charge in [-0.2, -0.15) is 0 Å². The third-order valence-electron chi connectivity index (χ3n) is 3.13. The van der Waals surface area contributed by atoms with Gasteiger partial charge in [0, 0.05) is 18.8 Å². The molecule has 1 aromatic rings. The van der Waals surface area contributed by atoms with E-state index in [1.807, 2.05) is 0 Å². The lowest BCUT2D eigenvalue weighted by Gasteiger charge is -2.30. The number of anilines is 1. The fourth-order valence-corrected chi connectivity index (χ4v) is 2.13. The maximum atomic E-state index is 13.0. The lowest BCUT2D eigenvalue weighted by Crippen LogP contribution is -2.44. The highest BCUT2D eigenvalue weighted by Gasteiger charge is 2.28. The number of urea groups is 1. The summed E-state index contributed by atoms with van der Waals surface area (Å²) in [7, 11) is 0. The van der Waals surface area contributed by atoms with Gasteiger partial charge in [-0.05, 0) is 31.0 Å². The van der Waals surface area contributed by atoms with Crippen molar-refractivity contribution in [2.24, 2.45) is 5.92 Å². The number of rotatable bonds is 2. The van der Waals surface area contributed by atoms with Crippen LogP contribution in [0.1, 0.15) is 12.8 Å². The summed E-state index contributed by atoms with van der Waals surface area (Å²) in [4.78, 5) is 24.3. The van der Waals surface area contributed by atoms with E-state index in [2.05, 4.69) is 5.32 Å². The molecule has 1 heterocycles. The number of nitrogens with one attached hydrogen (secondary N) is 1. The molecule has 1 saturated heterocycles. The summed E-state index contributed by atoms with van der Waals surface area (Å²) in [5.74, 6) is -1.84. The fraction of sp³-hybridized carbons (Fsp3) is 0.385. The van der Waals surface area contributed by atoms with Crippen LogP contribution in [0.5, 0.6) is 0 Å². The number of carbonyl (C=O) groups is 2. The zero-order valence-corrected chi connectivity index (χ0v) is 10.3. The molecule has 2 rings (SSSR count). The predicted octanol–water partition coefficient (Wildman–Crippen LogP) is 2.15. The number of halogens is 1. The largest absolute Gasteiger partial charge is 0.481 e. The van der Waals surface area contributed by atoms with E-state index in [-0.39, 0.29) is 6.54 Å². The first kappa shape index (κ1) is 13.3. The van der Waals surface area contributed by atoms with Gasteiger partial charge in [0.25, 0.3) is 0 Å². The van der Waals surface area contributed by atoms with Gasteiger partial charge in [0.15, 0.2) is 0 Å². The van der Waals surface area contributed by atoms with Crippen molar-refractivity contribution in [3.05, 3.63) is 30.1 Å². The minimum atomic E-state index is -0.886. The summed E-state index contributed by atoms with van der Waals surface area (Å²) in [6.07, 6.45) is 1.24. The maximum absolute atomic E-state index is 13.0. The van der Waals surface area contributed by atoms with Crippen LogP contribution in [0.4, 0.5) is 14.9 Å². The number of carboxylic acids is 1. The maximum Gasteiger partial charge on any atom is 0.321 e. The van der Waals surface area contributed by atoms with Crippen molar-refractivity contribution >= 4 is 17.7 Å². The molecule has 0 aliphatic carbocycles. The topological polar surface area (TPSA) is 69.6 Å². The summed E-state index contributed by atoms with van der Waals surface area (Å²) < 4.78 is 13.0. The van der Waals surface area contributed by atoms with Gasteiger partial charge < -0.3 is 15.3 Å². The Bertz CT molecular complexity index is 493. The van der Waals surface area contributed by atoms with Gasteiger partial charge in [-0.25, -0.2) is 9.18 Å². The molecule has 5 nitrogen and oxygen atoms in total. The number of piperidine rings is 1. The first-order chi connectivity index (χ1) is 9.06. The number of benzene rings is 1. The molecule has 1 atom stereocenters. The van der Waals surface area contributed by atoms with Crippen LogP contribution in [-0.2, 0) is 4.79 Å². The molecule has 0 aromatic heterocycles. The number of likely N-dealkylation sites (tertiary alicyclic amines) is 1. The Hall–Kier alpha value is -2.11. The van der Waals surface area contributed by atoms with Crippen LogP contribution in [-0.4, -0.2) is 35.1 Å². The number of aliphatic carboxylic acids is 1. The number of hydrogen-bond donors (Lipinski definition) is 2. The highest BCUT2D eigenvalue weighted by Crippen LogP contribution is 2.18. The molecule has 0 spiro atoms. The van der Waals surface area contributed by atoms with Crippen molar-refractivity contribution < 1.29 is 19.1 Å². The quantitative estimate of drug-likeness (QED) is 0.861. The summed E-state index contributed by atoms with van der Waals surface area (Å²) in [6.45, 7) is 0.710. The first-order valence-electron chi connectivity index (χ1n) is 6.10. The molecular weight excluding hydrogens is 251 g/mol. The van der Waals surface area contributed by atoms with Crippen LogP contribution in [0.3, 0.4) is 0 Å². The first-order valence-corrected chi connectivity index (χ1v) is 6.10. The lowest BCUT2D eigenvalue weighted by atomic mass is 9.99. The Morgan fingerprint density at radius 3 is 2.89 bits per heavy atom. The molecule has 1 fully saturated rings. The van der Waals surface area contributed by atoms with Gasteiger partial charge in [0.2, 0.25) is 0 Å². The molecule has 0 radical (unpaired) electrons. The van der Waals surface area contributed by atoms with Crippen molar-refractivity contribution in [2.75, 3.05) is 18.4 Å². The monoisotopic (exact) mass is 266 g/mol. The molecule has 6 heteroatoms. The molecule has 2 amide bonds. The van der Waals surface area contributed by atoms with Gasteiger partial charge in [0.1, 0.15) is 5.82 Å². The second-order valence-electron chi connectivity index (χ2n) is 4.56. The molecule has 2 N–H and O–H groups in total. The van der Waals surface area contributed by atoms with E-state index < -0.39 is 23.7 Å². The van der Waals surface area contributed by atoms with Crippen LogP contribution < -0.4 is 5.32 Å². The summed E-state index contributed by atoms with van der Waals surface area (Å²) in [6, 6.07) is 5.20. The third kappa shape index (κ3) is 3.43. The molecule has 0 unspecified atom stereocenters. The van der Waals surface area contributed by atoms with E-state index in [1.54, 1.807) is 6.07 Å². The van der Waals surface area contributed by atoms with E-state index in [0.29, 0.717) is 25.1 Å². The van der Waals surface area contributed by atoms with E-state index in [9.17, 15) is 14.0 Å². The lowest BCUT2D eigenvalue weighted by molar-refractivity contribution is -0.143. The van der Waals surface area contributed by atoms with E-state index >= 15 is 0 Å². The number of amides is 2. The fourth-order valence-electron chi connectivity index (χ4n) is 2.13. The highest BCUT2D eigenvalue weighted by atomic mass is 19.1. The molecule has 1 aliphatic heterocycles. The second kappa shape index (κ2) is 5.69. The number of hydrogen-bond acceptors (Lipinski definition) is 2. The Balaban J connectivity index is 1.98. The second-order valence-corrected chi connectivity index (χ2v) is 4.56. The number of nitrogens with zero attached hydrogens (tertiary/aromatic N) is 1. The molecule has 0 saturated carbocycles. The minimum Gasteiger partial charge on any atom is -0.481 e. The van der Waals surface area contributed by atoms with Crippen LogP contribution in [0, 0.1) is 11.7 Å². The molecule has 19 heavy (non-hydrogen) atoms. The van der Waals surface area contributed by atoms with Crippen LogP contribution in [0.25, 0.3) is 0 Å². The van der Waals surface area contributed by atoms with Crippen LogP contribution in [0.2, 0.25) is 0 Å². The van der Waals surface area contributed by atoms with Gasteiger partial charge in [-0.1, -0.05) is 6.07 Å². The molecule has 1 aliphatic rings. The van der Waals surface area contributed by atoms with Gasteiger partial charge in [-0.15, -0.1) is 0 Å². The number of carboxylic acid groups (broad SMARTS) is 1. The van der Waals surface area contributed by atoms with Gasteiger partial charge in [0.05, 0.1) is 5.92 Å². The Kier molecular flexibility index (Phi) is 3.99. The van der Waals surface area contributed by atoms with Gasteiger partial charge in [-0.3, -0.25) is 4.79 Å². The zero-order chi connectivity index (χ0) is 13.8. The SMILES string of the molecule is O=C(O)[C@@H]1CCCN(C(=O)Nc2cccc(F)c2)C1. The normalized spacial score (nSPS) is 19.0. The standard InChI is InChI=1S/C13H15FN2O3/c14-10-4-1-5-11(7-10)15-13(19)16-6-2-3-9(8-16)12(17)18/h1,4-5,7,9H,2-3,6,8H2,(H,15,19)(H,17,18)/t9-/m1/s1. The predicted molar refractivity (Wildman–Crippen MR) is 67.4 cm³/mol. The molecular formula is C13H15FN2O3. The highest BCUT2D eigenvalue weighted by molar-refractivity contribution is 5.89. The van der Waals surface area contributed by atoms with E-state index in [0.717, 1.165) is 0 Å². The van der Waals surface area contributed by atoms with Gasteiger partial charge >= 0.3 is 12.0 Å². The Morgan fingerprint density at radius 2 is 2.21 bits per heavy atom. The van der Waals surface area contributed by atoms with Crippen LogP contribution in [0.15, 0.2) is 24.3 Å². The van der Waals surface area contributed by atoms with Crippen molar-refractivity contribution in [3.63, 3.8) is 0 Å². The Morgan fingerprint density at radius 1 is 1.42 bits per heavy atom. The van der Waals surface area contributed by atoms with Crippen LogP contribution >= 0.6 is 0 Å². The summed E-state index contributed by atoms with van der Waals surface area (Å²) in [5.41, 5.74) is 0.363. The average molecular weight is 266 g/mol. The molecule has 102 valence electrons. The van der Waals surface area contributed by atoms with E-state index in [1.165, 1.54) is 23.1 Å². The van der Waals surface area contributed by atoms with Crippen molar-refractivity contribution in [1.82, 2.24) is 4.90 Å². The molecule has 0 bridgehead atoms. The van der Waals surface area contributed by atoms with Crippen molar-refractivity contribution in [2.45, 2.75) is 12.8 Å². The number of carbonyl (C=O) groups excluding carboxylic acids is 1. The third-order valence-corrected chi connectivity index (χ3v) is 3.13. The summed E-state index contributed by atoms with van der Waals surface area (Å²) in [5, 5.41) is 11.5. The smallest absolute Gasteiger partial charge is 0.321 e. The Labute approximate surface area is 110 Å². The average Bonchev–Trinajstić information content (AvgIpc) is 2.39.